The first-order chi connectivity index (χ1) is 14.3. The molecule has 2 aromatic rings. The highest BCUT2D eigenvalue weighted by atomic mass is 16.5. The molecule has 0 unspecified atom stereocenters. The fraction of sp³-hybridized carbons (Fsp3) is 0.435. The van der Waals surface area contributed by atoms with Gasteiger partial charge in [-0.25, -0.2) is 0 Å². The highest BCUT2D eigenvalue weighted by molar-refractivity contribution is 5.93. The SMILES string of the molecule is CN=C(NCc1ccccc1OCC1CC1)Nc1cccc(OCCCOC)c1. The maximum Gasteiger partial charge on any atom is 0.195 e. The van der Waals surface area contributed by atoms with Crippen LogP contribution in [0.4, 0.5) is 5.69 Å². The van der Waals surface area contributed by atoms with E-state index in [-0.39, 0.29) is 0 Å². The summed E-state index contributed by atoms with van der Waals surface area (Å²) in [6.45, 7) is 2.76. The average molecular weight is 398 g/mol. The van der Waals surface area contributed by atoms with Crippen molar-refractivity contribution in [1.82, 2.24) is 5.32 Å². The van der Waals surface area contributed by atoms with E-state index in [1.807, 2.05) is 42.5 Å². The number of methoxy groups -OCH3 is 1. The lowest BCUT2D eigenvalue weighted by molar-refractivity contribution is 0.172. The van der Waals surface area contributed by atoms with E-state index in [4.69, 9.17) is 14.2 Å². The predicted octanol–water partition coefficient (Wildman–Crippen LogP) is 4.08. The molecular formula is C23H31N3O3. The molecule has 2 N–H and O–H groups in total. The number of anilines is 1. The van der Waals surface area contributed by atoms with Crippen molar-refractivity contribution in [2.24, 2.45) is 10.9 Å². The second-order valence-corrected chi connectivity index (χ2v) is 7.14. The number of para-hydroxylation sites is 1. The third kappa shape index (κ3) is 7.31. The summed E-state index contributed by atoms with van der Waals surface area (Å²) in [5, 5.41) is 6.67. The van der Waals surface area contributed by atoms with Crippen molar-refractivity contribution in [2.45, 2.75) is 25.8 Å². The minimum Gasteiger partial charge on any atom is -0.493 e. The smallest absolute Gasteiger partial charge is 0.195 e. The van der Waals surface area contributed by atoms with Crippen molar-refractivity contribution in [3.63, 3.8) is 0 Å². The van der Waals surface area contributed by atoms with E-state index in [0.29, 0.717) is 25.7 Å². The van der Waals surface area contributed by atoms with Crippen LogP contribution in [0.1, 0.15) is 24.8 Å². The first-order valence-corrected chi connectivity index (χ1v) is 10.2. The Hall–Kier alpha value is -2.73. The summed E-state index contributed by atoms with van der Waals surface area (Å²) < 4.78 is 16.8. The van der Waals surface area contributed by atoms with Crippen LogP contribution in [0.2, 0.25) is 0 Å². The van der Waals surface area contributed by atoms with Gasteiger partial charge in [0.15, 0.2) is 5.96 Å². The predicted molar refractivity (Wildman–Crippen MR) is 117 cm³/mol. The minimum absolute atomic E-state index is 0.627. The normalized spacial score (nSPS) is 13.8. The molecule has 6 heteroatoms. The molecule has 2 aromatic carbocycles. The van der Waals surface area contributed by atoms with Crippen molar-refractivity contribution >= 4 is 11.6 Å². The van der Waals surface area contributed by atoms with Crippen LogP contribution in [0.15, 0.2) is 53.5 Å². The summed E-state index contributed by atoms with van der Waals surface area (Å²) >= 11 is 0. The first kappa shape index (κ1) is 21.0. The average Bonchev–Trinajstić information content (AvgIpc) is 3.58. The molecule has 29 heavy (non-hydrogen) atoms. The van der Waals surface area contributed by atoms with E-state index in [1.165, 1.54) is 12.8 Å². The van der Waals surface area contributed by atoms with Gasteiger partial charge in [0.25, 0.3) is 0 Å². The number of benzene rings is 2. The highest BCUT2D eigenvalue weighted by Gasteiger charge is 2.22. The van der Waals surface area contributed by atoms with E-state index in [2.05, 4.69) is 21.7 Å². The van der Waals surface area contributed by atoms with Gasteiger partial charge in [-0.3, -0.25) is 4.99 Å². The van der Waals surface area contributed by atoms with Crippen molar-refractivity contribution in [2.75, 3.05) is 39.3 Å². The minimum atomic E-state index is 0.627. The number of nitrogens with one attached hydrogen (secondary N) is 2. The summed E-state index contributed by atoms with van der Waals surface area (Å²) in [5.74, 6) is 3.18. The van der Waals surface area contributed by atoms with Gasteiger partial charge in [-0.1, -0.05) is 24.3 Å². The van der Waals surface area contributed by atoms with Gasteiger partial charge in [0, 0.05) is 51.0 Å². The van der Waals surface area contributed by atoms with Crippen LogP contribution in [0.5, 0.6) is 11.5 Å². The Balaban J connectivity index is 1.52. The molecule has 0 saturated heterocycles. The van der Waals surface area contributed by atoms with Crippen LogP contribution >= 0.6 is 0 Å². The second kappa shape index (κ2) is 11.3. The molecule has 1 fully saturated rings. The van der Waals surface area contributed by atoms with Gasteiger partial charge in [-0.05, 0) is 37.0 Å². The van der Waals surface area contributed by atoms with Crippen LogP contribution in [0.25, 0.3) is 0 Å². The Morgan fingerprint density at radius 3 is 2.72 bits per heavy atom. The van der Waals surface area contributed by atoms with Gasteiger partial charge in [-0.15, -0.1) is 0 Å². The maximum atomic E-state index is 5.99. The molecule has 1 aliphatic rings. The number of guanidine groups is 1. The van der Waals surface area contributed by atoms with Gasteiger partial charge < -0.3 is 24.8 Å². The Kier molecular flexibility index (Phi) is 8.19. The fourth-order valence-corrected chi connectivity index (χ4v) is 2.83. The van der Waals surface area contributed by atoms with Crippen molar-refractivity contribution in [3.8, 4) is 11.5 Å². The summed E-state index contributed by atoms with van der Waals surface area (Å²) in [4.78, 5) is 4.32. The van der Waals surface area contributed by atoms with Crippen molar-refractivity contribution in [1.29, 1.82) is 0 Å². The van der Waals surface area contributed by atoms with Crippen molar-refractivity contribution < 1.29 is 14.2 Å². The van der Waals surface area contributed by atoms with Gasteiger partial charge in [0.1, 0.15) is 11.5 Å². The lowest BCUT2D eigenvalue weighted by Gasteiger charge is -2.15. The van der Waals surface area contributed by atoms with E-state index < -0.39 is 0 Å². The molecular weight excluding hydrogens is 366 g/mol. The zero-order valence-electron chi connectivity index (χ0n) is 17.3. The molecule has 1 aliphatic carbocycles. The summed E-state index contributed by atoms with van der Waals surface area (Å²) in [7, 11) is 3.46. The molecule has 0 aliphatic heterocycles. The Morgan fingerprint density at radius 1 is 1.07 bits per heavy atom. The molecule has 0 spiro atoms. The molecule has 0 aromatic heterocycles. The largest absolute Gasteiger partial charge is 0.493 e. The third-order valence-electron chi connectivity index (χ3n) is 4.67. The van der Waals surface area contributed by atoms with Gasteiger partial charge in [0.2, 0.25) is 0 Å². The monoisotopic (exact) mass is 397 g/mol. The fourth-order valence-electron chi connectivity index (χ4n) is 2.83. The molecule has 6 nitrogen and oxygen atoms in total. The Labute approximate surface area is 173 Å². The maximum absolute atomic E-state index is 5.99. The number of ether oxygens (including phenoxy) is 3. The Morgan fingerprint density at radius 2 is 1.93 bits per heavy atom. The third-order valence-corrected chi connectivity index (χ3v) is 4.67. The van der Waals surface area contributed by atoms with Crippen LogP contribution < -0.4 is 20.1 Å². The second-order valence-electron chi connectivity index (χ2n) is 7.14. The lowest BCUT2D eigenvalue weighted by Crippen LogP contribution is -2.30. The zero-order valence-corrected chi connectivity index (χ0v) is 17.3. The summed E-state index contributed by atoms with van der Waals surface area (Å²) in [6, 6.07) is 16.0. The quantitative estimate of drug-likeness (QED) is 0.340. The molecule has 0 amide bonds. The van der Waals surface area contributed by atoms with Gasteiger partial charge in [0.05, 0.1) is 13.2 Å². The standard InChI is InChI=1S/C23H31N3O3/c1-24-23(26-20-8-5-9-21(15-20)28-14-6-13-27-2)25-16-19-7-3-4-10-22(19)29-17-18-11-12-18/h3-5,7-10,15,18H,6,11-14,16-17H2,1-2H3,(H2,24,25,26). The lowest BCUT2D eigenvalue weighted by atomic mass is 10.2. The first-order valence-electron chi connectivity index (χ1n) is 10.2. The van der Waals surface area contributed by atoms with E-state index >= 15 is 0 Å². The van der Waals surface area contributed by atoms with Crippen LogP contribution in [0.3, 0.4) is 0 Å². The number of hydrogen-bond acceptors (Lipinski definition) is 4. The number of rotatable bonds is 11. The van der Waals surface area contributed by atoms with Gasteiger partial charge in [-0.2, -0.15) is 0 Å². The highest BCUT2D eigenvalue weighted by Crippen LogP contribution is 2.30. The van der Waals surface area contributed by atoms with Gasteiger partial charge >= 0.3 is 0 Å². The van der Waals surface area contributed by atoms with E-state index in [1.54, 1.807) is 14.2 Å². The van der Waals surface area contributed by atoms with E-state index in [9.17, 15) is 0 Å². The molecule has 1 saturated carbocycles. The topological polar surface area (TPSA) is 64.1 Å². The zero-order chi connectivity index (χ0) is 20.3. The Bertz CT molecular complexity index is 790. The van der Waals surface area contributed by atoms with Crippen LogP contribution in [-0.2, 0) is 11.3 Å². The summed E-state index contributed by atoms with van der Waals surface area (Å²) in [5.41, 5.74) is 2.03. The number of aliphatic imine (C=N–C) groups is 1. The molecule has 0 atom stereocenters. The molecule has 0 heterocycles. The molecule has 0 radical (unpaired) electrons. The summed E-state index contributed by atoms with van der Waals surface area (Å²) in [6.07, 6.45) is 3.43. The number of nitrogens with zero attached hydrogens (tertiary/aromatic N) is 1. The molecule has 156 valence electrons. The van der Waals surface area contributed by atoms with Crippen LogP contribution in [0, 0.1) is 5.92 Å². The van der Waals surface area contributed by atoms with E-state index in [0.717, 1.165) is 41.7 Å². The molecule has 0 bridgehead atoms. The number of hydrogen-bond donors (Lipinski definition) is 2. The van der Waals surface area contributed by atoms with Crippen LogP contribution in [-0.4, -0.2) is 39.9 Å². The van der Waals surface area contributed by atoms with Crippen molar-refractivity contribution in [3.05, 3.63) is 54.1 Å². The molecule has 3 rings (SSSR count).